The van der Waals surface area contributed by atoms with Gasteiger partial charge >= 0.3 is 0 Å². The van der Waals surface area contributed by atoms with Crippen LogP contribution in [0.5, 0.6) is 0 Å². The lowest BCUT2D eigenvalue weighted by Crippen LogP contribution is -2.08. The third-order valence-electron chi connectivity index (χ3n) is 3.13. The van der Waals surface area contributed by atoms with Gasteiger partial charge in [0, 0.05) is 0 Å². The minimum Gasteiger partial charge on any atom is -0.330 e. The fourth-order valence-electron chi connectivity index (χ4n) is 2.09. The van der Waals surface area contributed by atoms with E-state index in [0.29, 0.717) is 0 Å². The van der Waals surface area contributed by atoms with Crippen LogP contribution in [-0.4, -0.2) is 6.54 Å². The highest BCUT2D eigenvalue weighted by Gasteiger charge is 2.11. The third-order valence-corrected chi connectivity index (χ3v) is 3.13. The first-order chi connectivity index (χ1) is 6.72. The molecule has 0 aromatic carbocycles. The highest BCUT2D eigenvalue weighted by atomic mass is 14.5. The number of rotatable bonds is 9. The van der Waals surface area contributed by atoms with Crippen LogP contribution in [0.25, 0.3) is 0 Å². The van der Waals surface area contributed by atoms with Gasteiger partial charge in [-0.2, -0.15) is 0 Å². The Kier molecular flexibility index (Phi) is 9.49. The molecule has 0 saturated heterocycles. The maximum atomic E-state index is 5.47. The van der Waals surface area contributed by atoms with E-state index in [4.69, 9.17) is 5.73 Å². The zero-order valence-electron chi connectivity index (χ0n) is 10.4. The number of nitrogens with two attached hydrogens (primary N) is 1. The molecule has 1 atom stereocenters. The van der Waals surface area contributed by atoms with Gasteiger partial charge in [0.1, 0.15) is 0 Å². The Morgan fingerprint density at radius 1 is 0.929 bits per heavy atom. The number of hydrogen-bond donors (Lipinski definition) is 1. The predicted molar refractivity (Wildman–Crippen MR) is 65.4 cm³/mol. The van der Waals surface area contributed by atoms with E-state index < -0.39 is 0 Å². The largest absolute Gasteiger partial charge is 0.330 e. The molecular weight excluding hydrogens is 170 g/mol. The van der Waals surface area contributed by atoms with E-state index in [1.807, 2.05) is 0 Å². The summed E-state index contributed by atoms with van der Waals surface area (Å²) in [6.07, 6.45) is 9.50. The van der Waals surface area contributed by atoms with Crippen molar-refractivity contribution in [3.05, 3.63) is 0 Å². The Labute approximate surface area is 90.5 Å². The summed E-state index contributed by atoms with van der Waals surface area (Å²) in [4.78, 5) is 0. The molecule has 0 aromatic rings. The van der Waals surface area contributed by atoms with Gasteiger partial charge in [0.15, 0.2) is 0 Å². The molecule has 1 unspecified atom stereocenters. The molecule has 86 valence electrons. The monoisotopic (exact) mass is 199 g/mol. The quantitative estimate of drug-likeness (QED) is 0.559. The van der Waals surface area contributed by atoms with E-state index in [1.165, 1.54) is 44.9 Å². The molecule has 0 radical (unpaired) electrons. The lowest BCUT2D eigenvalue weighted by Gasteiger charge is -2.19. The SMILES string of the molecule is CCCC(CCCCCCN)C(C)C. The summed E-state index contributed by atoms with van der Waals surface area (Å²) >= 11 is 0. The van der Waals surface area contributed by atoms with E-state index in [1.54, 1.807) is 0 Å². The molecular formula is C13H29N. The van der Waals surface area contributed by atoms with Crippen molar-refractivity contribution in [2.45, 2.75) is 65.7 Å². The zero-order chi connectivity index (χ0) is 10.8. The van der Waals surface area contributed by atoms with Gasteiger partial charge in [0.05, 0.1) is 0 Å². The van der Waals surface area contributed by atoms with E-state index in [-0.39, 0.29) is 0 Å². The third kappa shape index (κ3) is 7.37. The summed E-state index contributed by atoms with van der Waals surface area (Å²) in [5.41, 5.74) is 5.47. The second-order valence-corrected chi connectivity index (χ2v) is 4.78. The van der Waals surface area contributed by atoms with Crippen LogP contribution < -0.4 is 5.73 Å². The Balaban J connectivity index is 3.41. The van der Waals surface area contributed by atoms with Gasteiger partial charge in [-0.25, -0.2) is 0 Å². The Hall–Kier alpha value is -0.0400. The van der Waals surface area contributed by atoms with E-state index in [2.05, 4.69) is 20.8 Å². The van der Waals surface area contributed by atoms with Gasteiger partial charge in [-0.3, -0.25) is 0 Å². The van der Waals surface area contributed by atoms with E-state index in [0.717, 1.165) is 18.4 Å². The van der Waals surface area contributed by atoms with Gasteiger partial charge in [-0.15, -0.1) is 0 Å². The molecule has 0 aliphatic heterocycles. The average molecular weight is 199 g/mol. The van der Waals surface area contributed by atoms with Crippen molar-refractivity contribution in [3.63, 3.8) is 0 Å². The lowest BCUT2D eigenvalue weighted by molar-refractivity contribution is 0.322. The second kappa shape index (κ2) is 9.51. The normalized spacial score (nSPS) is 13.5. The van der Waals surface area contributed by atoms with Crippen LogP contribution in [0.15, 0.2) is 0 Å². The summed E-state index contributed by atoms with van der Waals surface area (Å²) in [5.74, 6) is 1.82. The van der Waals surface area contributed by atoms with Crippen molar-refractivity contribution in [1.29, 1.82) is 0 Å². The molecule has 0 rings (SSSR count). The Bertz CT molecular complexity index is 110. The van der Waals surface area contributed by atoms with Crippen LogP contribution in [-0.2, 0) is 0 Å². The van der Waals surface area contributed by atoms with E-state index in [9.17, 15) is 0 Å². The van der Waals surface area contributed by atoms with Gasteiger partial charge in [-0.1, -0.05) is 59.3 Å². The van der Waals surface area contributed by atoms with Crippen LogP contribution in [0.3, 0.4) is 0 Å². The fraction of sp³-hybridized carbons (Fsp3) is 1.00. The summed E-state index contributed by atoms with van der Waals surface area (Å²) in [6.45, 7) is 7.88. The standard InChI is InChI=1S/C13H29N/c1-4-9-13(12(2)3)10-7-5-6-8-11-14/h12-13H,4-11,14H2,1-3H3. The summed E-state index contributed by atoms with van der Waals surface area (Å²) in [6, 6.07) is 0. The van der Waals surface area contributed by atoms with Crippen molar-refractivity contribution < 1.29 is 0 Å². The molecule has 0 amide bonds. The van der Waals surface area contributed by atoms with E-state index >= 15 is 0 Å². The molecule has 0 spiro atoms. The maximum absolute atomic E-state index is 5.47. The second-order valence-electron chi connectivity index (χ2n) is 4.78. The molecule has 0 aliphatic rings. The highest BCUT2D eigenvalue weighted by Crippen LogP contribution is 2.23. The summed E-state index contributed by atoms with van der Waals surface area (Å²) in [7, 11) is 0. The van der Waals surface area contributed by atoms with Gasteiger partial charge in [0.25, 0.3) is 0 Å². The molecule has 0 bridgehead atoms. The fourth-order valence-corrected chi connectivity index (χ4v) is 2.09. The minimum atomic E-state index is 0.864. The molecule has 2 N–H and O–H groups in total. The van der Waals surface area contributed by atoms with Crippen molar-refractivity contribution >= 4 is 0 Å². The predicted octanol–water partition coefficient (Wildman–Crippen LogP) is 3.97. The smallest absolute Gasteiger partial charge is 0.00773 e. The molecule has 0 fully saturated rings. The van der Waals surface area contributed by atoms with Crippen molar-refractivity contribution in [2.24, 2.45) is 17.6 Å². The molecule has 0 aromatic heterocycles. The lowest BCUT2D eigenvalue weighted by atomic mass is 9.87. The van der Waals surface area contributed by atoms with Crippen LogP contribution in [0, 0.1) is 11.8 Å². The minimum absolute atomic E-state index is 0.864. The molecule has 0 heterocycles. The van der Waals surface area contributed by atoms with Crippen molar-refractivity contribution in [2.75, 3.05) is 6.54 Å². The average Bonchev–Trinajstić information content (AvgIpc) is 2.15. The first-order valence-corrected chi connectivity index (χ1v) is 6.42. The van der Waals surface area contributed by atoms with Crippen molar-refractivity contribution in [1.82, 2.24) is 0 Å². The first kappa shape index (κ1) is 14.0. The van der Waals surface area contributed by atoms with Crippen molar-refractivity contribution in [3.8, 4) is 0 Å². The highest BCUT2D eigenvalue weighted by molar-refractivity contribution is 4.62. The number of unbranched alkanes of at least 4 members (excludes halogenated alkanes) is 3. The van der Waals surface area contributed by atoms with Crippen LogP contribution in [0.1, 0.15) is 65.7 Å². The van der Waals surface area contributed by atoms with Gasteiger partial charge in [-0.05, 0) is 24.8 Å². The van der Waals surface area contributed by atoms with Gasteiger partial charge in [0.2, 0.25) is 0 Å². The number of hydrogen-bond acceptors (Lipinski definition) is 1. The topological polar surface area (TPSA) is 26.0 Å². The summed E-state index contributed by atoms with van der Waals surface area (Å²) in [5, 5.41) is 0. The molecule has 0 aliphatic carbocycles. The zero-order valence-corrected chi connectivity index (χ0v) is 10.4. The molecule has 1 heteroatoms. The maximum Gasteiger partial charge on any atom is -0.00773 e. The van der Waals surface area contributed by atoms with Gasteiger partial charge < -0.3 is 5.73 Å². The Morgan fingerprint density at radius 3 is 2.07 bits per heavy atom. The van der Waals surface area contributed by atoms with Crippen LogP contribution in [0.4, 0.5) is 0 Å². The van der Waals surface area contributed by atoms with Crippen LogP contribution >= 0.6 is 0 Å². The molecule has 0 saturated carbocycles. The molecule has 14 heavy (non-hydrogen) atoms. The summed E-state index contributed by atoms with van der Waals surface area (Å²) < 4.78 is 0. The first-order valence-electron chi connectivity index (χ1n) is 6.42. The van der Waals surface area contributed by atoms with Crippen LogP contribution in [0.2, 0.25) is 0 Å². The molecule has 1 nitrogen and oxygen atoms in total. The Morgan fingerprint density at radius 2 is 1.57 bits per heavy atom.